The van der Waals surface area contributed by atoms with Gasteiger partial charge in [0.15, 0.2) is 0 Å². The summed E-state index contributed by atoms with van der Waals surface area (Å²) in [6, 6.07) is 4.92. The topological polar surface area (TPSA) is 73.6 Å². The molecular weight excluding hydrogens is 382 g/mol. The molecule has 1 aromatic carbocycles. The normalized spacial score (nSPS) is 21.2. The lowest BCUT2D eigenvalue weighted by molar-refractivity contribution is -0.137. The molecule has 0 saturated carbocycles. The fourth-order valence-electron chi connectivity index (χ4n) is 4.00. The van der Waals surface area contributed by atoms with Crippen molar-refractivity contribution in [3.05, 3.63) is 41.7 Å². The number of carbonyl (C=O) groups excluding carboxylic acids is 1. The van der Waals surface area contributed by atoms with Gasteiger partial charge < -0.3 is 19.3 Å². The van der Waals surface area contributed by atoms with Gasteiger partial charge in [0.1, 0.15) is 23.1 Å². The van der Waals surface area contributed by atoms with Gasteiger partial charge in [0, 0.05) is 50.5 Å². The second-order valence-corrected chi connectivity index (χ2v) is 7.72. The van der Waals surface area contributed by atoms with Gasteiger partial charge in [-0.2, -0.15) is 0 Å². The van der Waals surface area contributed by atoms with Crippen LogP contribution in [0.25, 0.3) is 11.3 Å². The van der Waals surface area contributed by atoms with Crippen LogP contribution in [-0.4, -0.2) is 43.5 Å². The number of amides is 1. The number of nitrogens with zero attached hydrogens (tertiary/aromatic N) is 1. The maximum Gasteiger partial charge on any atom is 0.226 e. The monoisotopic (exact) mass is 406 g/mol. The Labute approximate surface area is 167 Å². The Morgan fingerprint density at radius 3 is 2.76 bits per heavy atom. The SMILES string of the molecule is O=C(NCC1CCCO1)C1(Cc2cc(-c3ccc(F)cc3F)no2)CCOCC1. The second kappa shape index (κ2) is 8.59. The number of nitrogens with one attached hydrogen (secondary N) is 1. The second-order valence-electron chi connectivity index (χ2n) is 7.72. The van der Waals surface area contributed by atoms with Crippen molar-refractivity contribution >= 4 is 5.91 Å². The number of carbonyl (C=O) groups is 1. The van der Waals surface area contributed by atoms with Crippen molar-refractivity contribution in [2.45, 2.75) is 38.2 Å². The number of hydrogen-bond donors (Lipinski definition) is 1. The average Bonchev–Trinajstić information content (AvgIpc) is 3.39. The summed E-state index contributed by atoms with van der Waals surface area (Å²) < 4.78 is 43.6. The molecule has 0 spiro atoms. The number of aromatic nitrogens is 1. The molecule has 29 heavy (non-hydrogen) atoms. The van der Waals surface area contributed by atoms with Crippen LogP contribution in [0.5, 0.6) is 0 Å². The highest BCUT2D eigenvalue weighted by atomic mass is 19.1. The van der Waals surface area contributed by atoms with E-state index in [2.05, 4.69) is 10.5 Å². The molecule has 1 amide bonds. The Morgan fingerprint density at radius 2 is 2.03 bits per heavy atom. The molecule has 6 nitrogen and oxygen atoms in total. The van der Waals surface area contributed by atoms with Crippen molar-refractivity contribution in [3.63, 3.8) is 0 Å². The Hall–Kier alpha value is -2.32. The highest BCUT2D eigenvalue weighted by Crippen LogP contribution is 2.36. The van der Waals surface area contributed by atoms with Crippen LogP contribution in [0.2, 0.25) is 0 Å². The predicted octanol–water partition coefficient (Wildman–Crippen LogP) is 3.25. The first kappa shape index (κ1) is 20.0. The quantitative estimate of drug-likeness (QED) is 0.797. The number of ether oxygens (including phenoxy) is 2. The molecule has 1 N–H and O–H groups in total. The summed E-state index contributed by atoms with van der Waals surface area (Å²) in [5.74, 6) is -0.931. The van der Waals surface area contributed by atoms with Crippen LogP contribution in [0.4, 0.5) is 8.78 Å². The van der Waals surface area contributed by atoms with Crippen molar-refractivity contribution in [1.29, 1.82) is 0 Å². The van der Waals surface area contributed by atoms with E-state index in [9.17, 15) is 13.6 Å². The van der Waals surface area contributed by atoms with Crippen molar-refractivity contribution in [2.24, 2.45) is 5.41 Å². The first-order valence-corrected chi connectivity index (χ1v) is 9.94. The molecule has 1 unspecified atom stereocenters. The summed E-state index contributed by atoms with van der Waals surface area (Å²) >= 11 is 0. The van der Waals surface area contributed by atoms with Crippen molar-refractivity contribution in [3.8, 4) is 11.3 Å². The van der Waals surface area contributed by atoms with Crippen LogP contribution in [0.3, 0.4) is 0 Å². The smallest absolute Gasteiger partial charge is 0.226 e. The minimum atomic E-state index is -0.708. The van der Waals surface area contributed by atoms with E-state index in [1.165, 1.54) is 12.1 Å². The number of hydrogen-bond acceptors (Lipinski definition) is 5. The molecule has 2 aliphatic heterocycles. The van der Waals surface area contributed by atoms with Crippen molar-refractivity contribution < 1.29 is 27.6 Å². The Balaban J connectivity index is 1.49. The lowest BCUT2D eigenvalue weighted by atomic mass is 9.75. The number of halogens is 2. The van der Waals surface area contributed by atoms with E-state index in [-0.39, 0.29) is 23.3 Å². The van der Waals surface area contributed by atoms with Gasteiger partial charge in [-0.25, -0.2) is 8.78 Å². The average molecular weight is 406 g/mol. The van der Waals surface area contributed by atoms with E-state index < -0.39 is 17.0 Å². The number of benzene rings is 1. The van der Waals surface area contributed by atoms with Crippen LogP contribution in [0.1, 0.15) is 31.4 Å². The zero-order valence-electron chi connectivity index (χ0n) is 16.1. The third-order valence-corrected chi connectivity index (χ3v) is 5.72. The molecule has 156 valence electrons. The first-order valence-electron chi connectivity index (χ1n) is 9.94. The maximum atomic E-state index is 14.0. The van der Waals surface area contributed by atoms with Gasteiger partial charge in [0.2, 0.25) is 5.91 Å². The third kappa shape index (κ3) is 4.48. The van der Waals surface area contributed by atoms with Gasteiger partial charge in [-0.15, -0.1) is 0 Å². The van der Waals surface area contributed by atoms with Crippen LogP contribution >= 0.6 is 0 Å². The van der Waals surface area contributed by atoms with Gasteiger partial charge in [-0.3, -0.25) is 4.79 Å². The van der Waals surface area contributed by atoms with E-state index in [0.29, 0.717) is 44.8 Å². The summed E-state index contributed by atoms with van der Waals surface area (Å²) in [6.45, 7) is 2.20. The molecule has 4 rings (SSSR count). The van der Waals surface area contributed by atoms with Gasteiger partial charge in [-0.1, -0.05) is 5.16 Å². The number of rotatable bonds is 6. The molecule has 3 heterocycles. The molecule has 1 atom stereocenters. The van der Waals surface area contributed by atoms with E-state index in [4.69, 9.17) is 14.0 Å². The molecule has 2 saturated heterocycles. The molecule has 8 heteroatoms. The Morgan fingerprint density at radius 1 is 1.21 bits per heavy atom. The summed E-state index contributed by atoms with van der Waals surface area (Å²) in [5, 5.41) is 6.95. The summed E-state index contributed by atoms with van der Waals surface area (Å²) in [5.41, 5.74) is -0.237. The molecule has 0 bridgehead atoms. The largest absolute Gasteiger partial charge is 0.381 e. The molecule has 0 aliphatic carbocycles. The fraction of sp³-hybridized carbons (Fsp3) is 0.524. The Bertz CT molecular complexity index is 858. The molecular formula is C21H24F2N2O4. The third-order valence-electron chi connectivity index (χ3n) is 5.72. The highest BCUT2D eigenvalue weighted by Gasteiger charge is 2.41. The summed E-state index contributed by atoms with van der Waals surface area (Å²) in [6.07, 6.45) is 3.49. The Kier molecular flexibility index (Phi) is 5.91. The van der Waals surface area contributed by atoms with Gasteiger partial charge in [0.05, 0.1) is 11.5 Å². The van der Waals surface area contributed by atoms with Gasteiger partial charge >= 0.3 is 0 Å². The molecule has 2 aliphatic rings. The van der Waals surface area contributed by atoms with E-state index in [0.717, 1.165) is 25.5 Å². The summed E-state index contributed by atoms with van der Waals surface area (Å²) in [4.78, 5) is 13.1. The maximum absolute atomic E-state index is 14.0. The molecule has 1 aromatic heterocycles. The lowest BCUT2D eigenvalue weighted by Gasteiger charge is -2.35. The molecule has 0 radical (unpaired) electrons. The highest BCUT2D eigenvalue weighted by molar-refractivity contribution is 5.83. The molecule has 2 fully saturated rings. The van der Waals surface area contributed by atoms with Gasteiger partial charge in [0.25, 0.3) is 0 Å². The molecule has 2 aromatic rings. The van der Waals surface area contributed by atoms with E-state index in [1.54, 1.807) is 6.07 Å². The van der Waals surface area contributed by atoms with Crippen molar-refractivity contribution in [1.82, 2.24) is 10.5 Å². The predicted molar refractivity (Wildman–Crippen MR) is 100 cm³/mol. The fourth-order valence-corrected chi connectivity index (χ4v) is 4.00. The minimum absolute atomic E-state index is 0.0535. The van der Waals surface area contributed by atoms with Crippen LogP contribution in [0.15, 0.2) is 28.8 Å². The van der Waals surface area contributed by atoms with E-state index >= 15 is 0 Å². The van der Waals surface area contributed by atoms with Gasteiger partial charge in [-0.05, 0) is 37.8 Å². The van der Waals surface area contributed by atoms with Crippen molar-refractivity contribution in [2.75, 3.05) is 26.4 Å². The summed E-state index contributed by atoms with van der Waals surface area (Å²) in [7, 11) is 0. The minimum Gasteiger partial charge on any atom is -0.381 e. The lowest BCUT2D eigenvalue weighted by Crippen LogP contribution is -2.47. The first-order chi connectivity index (χ1) is 14.1. The van der Waals surface area contributed by atoms with Crippen LogP contribution in [-0.2, 0) is 20.7 Å². The van der Waals surface area contributed by atoms with Crippen LogP contribution in [0, 0.1) is 17.0 Å². The zero-order chi connectivity index (χ0) is 20.3. The van der Waals surface area contributed by atoms with E-state index in [1.807, 2.05) is 0 Å². The zero-order valence-corrected chi connectivity index (χ0v) is 16.1. The standard InChI is InChI=1S/C21H24F2N2O4/c22-14-3-4-17(18(23)10-14)19-11-16(29-25-19)12-21(5-8-27-9-6-21)20(26)24-13-15-2-1-7-28-15/h3-4,10-11,15H,1-2,5-9,12-13H2,(H,24,26). The van der Waals surface area contributed by atoms with Crippen LogP contribution < -0.4 is 5.32 Å².